The highest BCUT2D eigenvalue weighted by molar-refractivity contribution is 6.08. The molecule has 0 unspecified atom stereocenters. The number of esters is 1. The van der Waals surface area contributed by atoms with E-state index >= 15 is 0 Å². The van der Waals surface area contributed by atoms with Crippen molar-refractivity contribution in [3.63, 3.8) is 0 Å². The predicted octanol–water partition coefficient (Wildman–Crippen LogP) is 1.47. The van der Waals surface area contributed by atoms with Crippen LogP contribution in [-0.4, -0.2) is 64.3 Å². The SMILES string of the molecule is COC(=O)C1=C(Nc2cc(ON=C(C)c3cccnc3)cc([N+](=O)[O-])c2)C(=O)N(CCO)C1. The number of methoxy groups -OCH3 is 1. The Bertz CT molecular complexity index is 1130. The molecule has 172 valence electrons. The third-order valence-electron chi connectivity index (χ3n) is 4.69. The van der Waals surface area contributed by atoms with Gasteiger partial charge in [-0.3, -0.25) is 19.9 Å². The number of ether oxygens (including phenoxy) is 1. The predicted molar refractivity (Wildman–Crippen MR) is 117 cm³/mol. The summed E-state index contributed by atoms with van der Waals surface area (Å²) in [5.41, 5.74) is 0.943. The molecule has 1 aromatic heterocycles. The van der Waals surface area contributed by atoms with E-state index in [1.165, 1.54) is 30.2 Å². The third kappa shape index (κ3) is 5.49. The zero-order chi connectivity index (χ0) is 24.0. The van der Waals surface area contributed by atoms with Crippen LogP contribution >= 0.6 is 0 Å². The van der Waals surface area contributed by atoms with Crippen molar-refractivity contribution in [1.82, 2.24) is 9.88 Å². The second-order valence-electron chi connectivity index (χ2n) is 6.90. The normalized spacial score (nSPS) is 13.8. The summed E-state index contributed by atoms with van der Waals surface area (Å²) in [5, 5.41) is 27.3. The number of oxime groups is 1. The molecule has 0 aliphatic carbocycles. The first kappa shape index (κ1) is 23.3. The molecule has 0 saturated carbocycles. The number of aromatic nitrogens is 1. The molecule has 2 heterocycles. The number of nitro groups is 1. The van der Waals surface area contributed by atoms with E-state index in [1.807, 2.05) is 0 Å². The van der Waals surface area contributed by atoms with Gasteiger partial charge in [0.2, 0.25) is 0 Å². The van der Waals surface area contributed by atoms with Crippen LogP contribution in [0.25, 0.3) is 0 Å². The first-order chi connectivity index (χ1) is 15.8. The van der Waals surface area contributed by atoms with Gasteiger partial charge in [-0.1, -0.05) is 5.16 Å². The number of amides is 1. The van der Waals surface area contributed by atoms with Crippen LogP contribution in [0.3, 0.4) is 0 Å². The maximum absolute atomic E-state index is 12.7. The number of rotatable bonds is 9. The van der Waals surface area contributed by atoms with Crippen LogP contribution in [0.1, 0.15) is 12.5 Å². The lowest BCUT2D eigenvalue weighted by Gasteiger charge is -2.15. The Labute approximate surface area is 188 Å². The molecule has 0 radical (unpaired) electrons. The zero-order valence-electron chi connectivity index (χ0n) is 17.8. The second kappa shape index (κ2) is 10.3. The summed E-state index contributed by atoms with van der Waals surface area (Å²) in [7, 11) is 1.17. The van der Waals surface area contributed by atoms with Crippen LogP contribution in [-0.2, 0) is 14.3 Å². The van der Waals surface area contributed by atoms with Gasteiger partial charge in [-0.2, -0.15) is 0 Å². The molecule has 0 saturated heterocycles. The summed E-state index contributed by atoms with van der Waals surface area (Å²) >= 11 is 0. The standard InChI is InChI=1S/C21H21N5O7/c1-13(14-4-3-5-22-11-14)24-33-17-9-15(8-16(10-17)26(30)31)23-19-18(21(29)32-2)12-25(6-7-27)20(19)28/h3-5,8-11,23,27H,6-7,12H2,1-2H3. The zero-order valence-corrected chi connectivity index (χ0v) is 17.8. The number of carbonyl (C=O) groups excluding carboxylic acids is 2. The fourth-order valence-corrected chi connectivity index (χ4v) is 3.06. The van der Waals surface area contributed by atoms with E-state index in [2.05, 4.69) is 15.5 Å². The van der Waals surface area contributed by atoms with Crippen molar-refractivity contribution in [3.05, 3.63) is 69.7 Å². The summed E-state index contributed by atoms with van der Waals surface area (Å²) in [4.78, 5) is 46.3. The van der Waals surface area contributed by atoms with Gasteiger partial charge in [0, 0.05) is 42.3 Å². The van der Waals surface area contributed by atoms with Crippen LogP contribution in [0.4, 0.5) is 11.4 Å². The van der Waals surface area contributed by atoms with E-state index in [0.29, 0.717) is 11.3 Å². The topological polar surface area (TPSA) is 156 Å². The van der Waals surface area contributed by atoms with Gasteiger partial charge in [0.1, 0.15) is 5.70 Å². The largest absolute Gasteiger partial charge is 0.466 e. The van der Waals surface area contributed by atoms with Crippen molar-refractivity contribution >= 4 is 29.0 Å². The molecule has 1 aromatic carbocycles. The van der Waals surface area contributed by atoms with Gasteiger partial charge < -0.3 is 24.9 Å². The molecule has 33 heavy (non-hydrogen) atoms. The van der Waals surface area contributed by atoms with E-state index < -0.39 is 16.8 Å². The highest BCUT2D eigenvalue weighted by Gasteiger charge is 2.34. The number of β-amino-alcohol motifs (C(OH)–C–C–N with tert-alkyl or cyclic N) is 1. The maximum atomic E-state index is 12.7. The Balaban J connectivity index is 1.92. The number of hydrogen-bond acceptors (Lipinski definition) is 10. The molecule has 2 aromatic rings. The number of benzene rings is 1. The first-order valence-electron chi connectivity index (χ1n) is 9.74. The van der Waals surface area contributed by atoms with Crippen molar-refractivity contribution in [2.75, 3.05) is 32.1 Å². The van der Waals surface area contributed by atoms with E-state index in [9.17, 15) is 19.7 Å². The van der Waals surface area contributed by atoms with Crippen LogP contribution < -0.4 is 10.2 Å². The number of nitrogens with one attached hydrogen (secondary N) is 1. The van der Waals surface area contributed by atoms with E-state index in [0.717, 1.165) is 0 Å². The minimum absolute atomic E-state index is 0.0101. The van der Waals surface area contributed by atoms with E-state index in [-0.39, 0.29) is 48.1 Å². The first-order valence-corrected chi connectivity index (χ1v) is 9.74. The summed E-state index contributed by atoms with van der Waals surface area (Å²) in [6.45, 7) is 1.34. The molecule has 12 heteroatoms. The van der Waals surface area contributed by atoms with Crippen molar-refractivity contribution in [3.8, 4) is 5.75 Å². The molecule has 1 aliphatic rings. The number of nitro benzene ring substituents is 1. The highest BCUT2D eigenvalue weighted by atomic mass is 16.6. The molecule has 3 rings (SSSR count). The van der Waals surface area contributed by atoms with Gasteiger partial charge in [-0.15, -0.1) is 0 Å². The smallest absolute Gasteiger partial charge is 0.337 e. The fourth-order valence-electron chi connectivity index (χ4n) is 3.06. The van der Waals surface area contributed by atoms with Crippen LogP contribution in [0.15, 0.2) is 59.2 Å². The van der Waals surface area contributed by atoms with E-state index in [1.54, 1.807) is 31.5 Å². The molecular formula is C21H21N5O7. The third-order valence-corrected chi connectivity index (χ3v) is 4.69. The minimum atomic E-state index is -0.732. The summed E-state index contributed by atoms with van der Waals surface area (Å²) in [6, 6.07) is 7.27. The quantitative estimate of drug-likeness (QED) is 0.247. The summed E-state index contributed by atoms with van der Waals surface area (Å²) in [6.07, 6.45) is 3.20. The number of aliphatic hydroxyl groups excluding tert-OH is 1. The van der Waals surface area contributed by atoms with Crippen LogP contribution in [0.5, 0.6) is 5.75 Å². The molecule has 12 nitrogen and oxygen atoms in total. The number of carbonyl (C=O) groups is 2. The Hall–Kier alpha value is -4.32. The second-order valence-corrected chi connectivity index (χ2v) is 6.90. The lowest BCUT2D eigenvalue weighted by Crippen LogP contribution is -2.31. The van der Waals surface area contributed by atoms with Crippen molar-refractivity contribution in [2.45, 2.75) is 6.92 Å². The lowest BCUT2D eigenvalue weighted by atomic mass is 10.2. The van der Waals surface area contributed by atoms with Crippen molar-refractivity contribution in [1.29, 1.82) is 0 Å². The Morgan fingerprint density at radius 3 is 2.82 bits per heavy atom. The fraction of sp³-hybridized carbons (Fsp3) is 0.238. The molecule has 0 fully saturated rings. The molecule has 2 N–H and O–H groups in total. The van der Waals surface area contributed by atoms with Gasteiger partial charge in [0.15, 0.2) is 5.75 Å². The van der Waals surface area contributed by atoms with Crippen molar-refractivity contribution in [2.24, 2.45) is 5.16 Å². The van der Waals surface area contributed by atoms with Crippen molar-refractivity contribution < 1.29 is 29.2 Å². The van der Waals surface area contributed by atoms with Gasteiger partial charge >= 0.3 is 5.97 Å². The Morgan fingerprint density at radius 1 is 1.39 bits per heavy atom. The van der Waals surface area contributed by atoms with Gasteiger partial charge in [0.05, 0.1) is 42.5 Å². The van der Waals surface area contributed by atoms with Gasteiger partial charge in [-0.25, -0.2) is 4.79 Å². The number of nitrogens with zero attached hydrogens (tertiary/aromatic N) is 4. The van der Waals surface area contributed by atoms with Gasteiger partial charge in [0.25, 0.3) is 11.6 Å². The molecule has 0 bridgehead atoms. The van der Waals surface area contributed by atoms with Crippen LogP contribution in [0, 0.1) is 10.1 Å². The molecule has 1 aliphatic heterocycles. The maximum Gasteiger partial charge on any atom is 0.337 e. The van der Waals surface area contributed by atoms with Gasteiger partial charge in [-0.05, 0) is 19.1 Å². The Morgan fingerprint density at radius 2 is 2.18 bits per heavy atom. The monoisotopic (exact) mass is 455 g/mol. The average Bonchev–Trinajstić information content (AvgIpc) is 3.12. The number of anilines is 1. The number of pyridine rings is 1. The van der Waals surface area contributed by atoms with Crippen LogP contribution in [0.2, 0.25) is 0 Å². The molecule has 0 spiro atoms. The number of aliphatic hydroxyl groups is 1. The summed E-state index contributed by atoms with van der Waals surface area (Å²) < 4.78 is 4.74. The molecule has 0 atom stereocenters. The number of non-ortho nitro benzene ring substituents is 1. The average molecular weight is 455 g/mol. The summed E-state index contributed by atoms with van der Waals surface area (Å²) in [5.74, 6) is -1.25. The van der Waals surface area contributed by atoms with E-state index in [4.69, 9.17) is 14.7 Å². The Kier molecular flexibility index (Phi) is 7.31. The lowest BCUT2D eigenvalue weighted by molar-refractivity contribution is -0.384. The minimum Gasteiger partial charge on any atom is -0.466 e. The number of hydrogen-bond donors (Lipinski definition) is 2. The molecular weight excluding hydrogens is 434 g/mol. The molecule has 1 amide bonds. The highest BCUT2D eigenvalue weighted by Crippen LogP contribution is 2.29.